The van der Waals surface area contributed by atoms with Crippen LogP contribution in [0, 0.1) is 3.57 Å². The first-order valence-electron chi connectivity index (χ1n) is 3.98. The summed E-state index contributed by atoms with van der Waals surface area (Å²) in [5.74, 6) is 0.180. The van der Waals surface area contributed by atoms with Crippen LogP contribution in [0.2, 0.25) is 0 Å². The second-order valence-electron chi connectivity index (χ2n) is 2.91. The van der Waals surface area contributed by atoms with Crippen LogP contribution in [0.5, 0.6) is 0 Å². The van der Waals surface area contributed by atoms with E-state index in [1.165, 1.54) is 9.13 Å². The van der Waals surface area contributed by atoms with Crippen molar-refractivity contribution in [2.45, 2.75) is 18.2 Å². The van der Waals surface area contributed by atoms with Crippen molar-refractivity contribution in [2.75, 3.05) is 0 Å². The fraction of sp³-hybridized carbons (Fsp3) is 0.300. The number of carbonyl (C=O) groups excluding carboxylic acids is 1. The highest BCUT2D eigenvalue weighted by molar-refractivity contribution is 14.1. The SMILES string of the molecule is CC(=O)C(Br)Cc1cccc(I)c1. The molecule has 0 amide bonds. The molecule has 0 aromatic heterocycles. The van der Waals surface area contributed by atoms with Crippen LogP contribution in [0.1, 0.15) is 12.5 Å². The topological polar surface area (TPSA) is 17.1 Å². The van der Waals surface area contributed by atoms with Crippen molar-refractivity contribution in [3.63, 3.8) is 0 Å². The number of hydrogen-bond donors (Lipinski definition) is 0. The molecule has 0 aliphatic rings. The molecule has 0 aliphatic carbocycles. The average Bonchev–Trinajstić information content (AvgIpc) is 2.04. The number of rotatable bonds is 3. The molecule has 70 valence electrons. The van der Waals surface area contributed by atoms with Gasteiger partial charge in [0.05, 0.1) is 4.83 Å². The van der Waals surface area contributed by atoms with E-state index in [-0.39, 0.29) is 10.6 Å². The van der Waals surface area contributed by atoms with Crippen molar-refractivity contribution in [1.29, 1.82) is 0 Å². The van der Waals surface area contributed by atoms with E-state index in [2.05, 4.69) is 44.6 Å². The number of carbonyl (C=O) groups is 1. The van der Waals surface area contributed by atoms with E-state index in [1.807, 2.05) is 18.2 Å². The highest BCUT2D eigenvalue weighted by Crippen LogP contribution is 2.13. The van der Waals surface area contributed by atoms with Gasteiger partial charge in [-0.2, -0.15) is 0 Å². The van der Waals surface area contributed by atoms with Gasteiger partial charge in [-0.05, 0) is 53.6 Å². The van der Waals surface area contributed by atoms with E-state index >= 15 is 0 Å². The summed E-state index contributed by atoms with van der Waals surface area (Å²) in [5.41, 5.74) is 1.20. The van der Waals surface area contributed by atoms with Crippen molar-refractivity contribution in [2.24, 2.45) is 0 Å². The van der Waals surface area contributed by atoms with Crippen molar-refractivity contribution in [1.82, 2.24) is 0 Å². The number of benzene rings is 1. The van der Waals surface area contributed by atoms with E-state index < -0.39 is 0 Å². The third-order valence-electron chi connectivity index (χ3n) is 1.75. The first kappa shape index (κ1) is 11.2. The molecule has 0 radical (unpaired) electrons. The zero-order valence-electron chi connectivity index (χ0n) is 7.26. The first-order valence-corrected chi connectivity index (χ1v) is 5.98. The lowest BCUT2D eigenvalue weighted by molar-refractivity contribution is -0.116. The van der Waals surface area contributed by atoms with Crippen LogP contribution in [-0.4, -0.2) is 10.6 Å². The lowest BCUT2D eigenvalue weighted by Gasteiger charge is -2.05. The second-order valence-corrected chi connectivity index (χ2v) is 5.26. The third kappa shape index (κ3) is 3.77. The maximum absolute atomic E-state index is 11.0. The van der Waals surface area contributed by atoms with Crippen LogP contribution in [0.4, 0.5) is 0 Å². The standard InChI is InChI=1S/C10H10BrIO/c1-7(13)10(11)6-8-3-2-4-9(12)5-8/h2-5,10H,6H2,1H3. The molecule has 0 aliphatic heterocycles. The molecule has 1 unspecified atom stereocenters. The molecular weight excluding hydrogens is 343 g/mol. The molecule has 1 rings (SSSR count). The molecule has 0 spiro atoms. The fourth-order valence-corrected chi connectivity index (χ4v) is 2.00. The summed E-state index contributed by atoms with van der Waals surface area (Å²) < 4.78 is 1.21. The molecule has 3 heteroatoms. The molecule has 1 aromatic carbocycles. The molecule has 13 heavy (non-hydrogen) atoms. The van der Waals surface area contributed by atoms with Gasteiger partial charge in [0.1, 0.15) is 5.78 Å². The molecule has 1 atom stereocenters. The summed E-state index contributed by atoms with van der Waals surface area (Å²) in [5, 5.41) is 0. The van der Waals surface area contributed by atoms with Gasteiger partial charge in [0, 0.05) is 3.57 Å². The molecule has 1 nitrogen and oxygen atoms in total. The molecule has 0 bridgehead atoms. The third-order valence-corrected chi connectivity index (χ3v) is 3.38. The average molecular weight is 353 g/mol. The maximum Gasteiger partial charge on any atom is 0.143 e. The fourth-order valence-electron chi connectivity index (χ4n) is 1.01. The number of alkyl halides is 1. The Hall–Kier alpha value is 0.100. The number of hydrogen-bond acceptors (Lipinski definition) is 1. The molecule has 0 heterocycles. The number of halogens is 2. The van der Waals surface area contributed by atoms with E-state index in [0.717, 1.165) is 6.42 Å². The van der Waals surface area contributed by atoms with E-state index in [4.69, 9.17) is 0 Å². The minimum absolute atomic E-state index is 0.0503. The Morgan fingerprint density at radius 1 is 1.62 bits per heavy atom. The van der Waals surface area contributed by atoms with Gasteiger partial charge >= 0.3 is 0 Å². The molecule has 0 saturated heterocycles. The van der Waals surface area contributed by atoms with Gasteiger partial charge in [-0.25, -0.2) is 0 Å². The van der Waals surface area contributed by atoms with E-state index in [9.17, 15) is 4.79 Å². The Kier molecular flexibility index (Phi) is 4.38. The van der Waals surface area contributed by atoms with Gasteiger partial charge in [-0.1, -0.05) is 28.1 Å². The summed E-state index contributed by atoms with van der Waals surface area (Å²) in [6.07, 6.45) is 0.770. The van der Waals surface area contributed by atoms with Crippen molar-refractivity contribution >= 4 is 44.3 Å². The Balaban J connectivity index is 2.69. The van der Waals surface area contributed by atoms with Gasteiger partial charge < -0.3 is 0 Å². The first-order chi connectivity index (χ1) is 6.09. The Morgan fingerprint density at radius 3 is 2.85 bits per heavy atom. The number of ketones is 1. The Bertz CT molecular complexity index is 312. The van der Waals surface area contributed by atoms with Crippen LogP contribution in [-0.2, 0) is 11.2 Å². The molecule has 0 fully saturated rings. The normalized spacial score (nSPS) is 12.5. The highest BCUT2D eigenvalue weighted by Gasteiger charge is 2.09. The lowest BCUT2D eigenvalue weighted by atomic mass is 10.1. The van der Waals surface area contributed by atoms with Gasteiger partial charge in [-0.15, -0.1) is 0 Å². The van der Waals surface area contributed by atoms with Crippen LogP contribution in [0.15, 0.2) is 24.3 Å². The highest BCUT2D eigenvalue weighted by atomic mass is 127. The largest absolute Gasteiger partial charge is 0.299 e. The predicted molar refractivity (Wildman–Crippen MR) is 66.3 cm³/mol. The smallest absolute Gasteiger partial charge is 0.143 e. The summed E-state index contributed by atoms with van der Waals surface area (Å²) in [6, 6.07) is 8.19. The Labute approximate surface area is 100 Å². The van der Waals surface area contributed by atoms with Crippen LogP contribution in [0.3, 0.4) is 0 Å². The van der Waals surface area contributed by atoms with E-state index in [0.29, 0.717) is 0 Å². The Morgan fingerprint density at radius 2 is 2.31 bits per heavy atom. The summed E-state index contributed by atoms with van der Waals surface area (Å²) in [4.78, 5) is 10.9. The van der Waals surface area contributed by atoms with Crippen molar-refractivity contribution in [3.05, 3.63) is 33.4 Å². The van der Waals surface area contributed by atoms with Crippen molar-refractivity contribution in [3.8, 4) is 0 Å². The number of Topliss-reactive ketones (excluding diaryl/α,β-unsaturated/α-hetero) is 1. The quantitative estimate of drug-likeness (QED) is 0.603. The molecule has 0 N–H and O–H groups in total. The summed E-state index contributed by atoms with van der Waals surface area (Å²) in [7, 11) is 0. The zero-order valence-corrected chi connectivity index (χ0v) is 11.0. The lowest BCUT2D eigenvalue weighted by Crippen LogP contribution is -2.12. The minimum Gasteiger partial charge on any atom is -0.299 e. The van der Waals surface area contributed by atoms with Crippen molar-refractivity contribution < 1.29 is 4.79 Å². The second kappa shape index (κ2) is 5.10. The maximum atomic E-state index is 11.0. The van der Waals surface area contributed by atoms with Gasteiger partial charge in [0.25, 0.3) is 0 Å². The van der Waals surface area contributed by atoms with E-state index in [1.54, 1.807) is 6.92 Å². The van der Waals surface area contributed by atoms with Gasteiger partial charge in [-0.3, -0.25) is 4.79 Å². The summed E-state index contributed by atoms with van der Waals surface area (Å²) >= 11 is 5.62. The van der Waals surface area contributed by atoms with Gasteiger partial charge in [0.15, 0.2) is 0 Å². The van der Waals surface area contributed by atoms with Gasteiger partial charge in [0.2, 0.25) is 0 Å². The molecule has 0 saturated carbocycles. The van der Waals surface area contributed by atoms with Crippen LogP contribution < -0.4 is 0 Å². The van der Waals surface area contributed by atoms with Crippen LogP contribution >= 0.6 is 38.5 Å². The minimum atomic E-state index is -0.0503. The molecule has 1 aromatic rings. The zero-order chi connectivity index (χ0) is 9.84. The monoisotopic (exact) mass is 352 g/mol. The molecular formula is C10H10BrIO. The predicted octanol–water partition coefficient (Wildman–Crippen LogP) is 3.19. The summed E-state index contributed by atoms with van der Waals surface area (Å²) in [6.45, 7) is 1.60. The van der Waals surface area contributed by atoms with Crippen LogP contribution in [0.25, 0.3) is 0 Å².